The molecule has 0 heterocycles. The van der Waals surface area contributed by atoms with Gasteiger partial charge in [0, 0.05) is 18.4 Å². The van der Waals surface area contributed by atoms with E-state index in [0.29, 0.717) is 11.7 Å². The molecule has 1 aliphatic rings. The highest BCUT2D eigenvalue weighted by Gasteiger charge is 2.23. The largest absolute Gasteiger partial charge is 0.327 e. The molecule has 0 aromatic carbocycles. The number of hydrogen-bond donors (Lipinski definition) is 1. The van der Waals surface area contributed by atoms with E-state index in [4.69, 9.17) is 5.73 Å². The van der Waals surface area contributed by atoms with Gasteiger partial charge in [-0.05, 0) is 12.8 Å². The number of carbonyl (C=O) groups excluding carboxylic acids is 1. The molecular weight excluding hydrogens is 162 g/mol. The molecule has 0 aromatic rings. The molecule has 76 valence electrons. The van der Waals surface area contributed by atoms with E-state index in [2.05, 4.69) is 0 Å². The average molecular weight is 183 g/mol. The normalized spacial score (nSPS) is 23.0. The van der Waals surface area contributed by atoms with Crippen LogP contribution >= 0.6 is 0 Å². The standard InChI is InChI=1S/C11H21NO/c1-8(9(2)12)11(13)7-10-5-3-4-6-10/h8-10H,3-7,12H2,1-2H3. The summed E-state index contributed by atoms with van der Waals surface area (Å²) in [5.74, 6) is 1.07. The molecule has 1 rings (SSSR count). The van der Waals surface area contributed by atoms with Crippen LogP contribution in [-0.4, -0.2) is 11.8 Å². The van der Waals surface area contributed by atoms with Crippen LogP contribution < -0.4 is 5.73 Å². The Labute approximate surface area is 80.9 Å². The minimum Gasteiger partial charge on any atom is -0.327 e. The molecule has 2 nitrogen and oxygen atoms in total. The number of carbonyl (C=O) groups is 1. The third-order valence-corrected chi connectivity index (χ3v) is 3.26. The van der Waals surface area contributed by atoms with Gasteiger partial charge in [-0.25, -0.2) is 0 Å². The van der Waals surface area contributed by atoms with E-state index in [0.717, 1.165) is 6.42 Å². The third-order valence-electron chi connectivity index (χ3n) is 3.26. The summed E-state index contributed by atoms with van der Waals surface area (Å²) in [6.45, 7) is 3.86. The second kappa shape index (κ2) is 4.75. The van der Waals surface area contributed by atoms with Crippen LogP contribution in [0.3, 0.4) is 0 Å². The molecule has 0 bridgehead atoms. The third kappa shape index (κ3) is 3.11. The van der Waals surface area contributed by atoms with E-state index in [1.807, 2.05) is 13.8 Å². The molecule has 2 heteroatoms. The van der Waals surface area contributed by atoms with Gasteiger partial charge in [-0.15, -0.1) is 0 Å². The molecule has 0 saturated heterocycles. The van der Waals surface area contributed by atoms with E-state index < -0.39 is 0 Å². The molecule has 0 radical (unpaired) electrons. The predicted molar refractivity (Wildman–Crippen MR) is 54.4 cm³/mol. The SMILES string of the molecule is CC(N)C(C)C(=O)CC1CCCC1. The molecule has 1 saturated carbocycles. The quantitative estimate of drug-likeness (QED) is 0.725. The Kier molecular flexibility index (Phi) is 3.91. The molecular formula is C11H21NO. The fourth-order valence-corrected chi connectivity index (χ4v) is 1.98. The van der Waals surface area contributed by atoms with Crippen molar-refractivity contribution in [3.8, 4) is 0 Å². The number of hydrogen-bond acceptors (Lipinski definition) is 2. The molecule has 1 fully saturated rings. The Hall–Kier alpha value is -0.370. The van der Waals surface area contributed by atoms with Gasteiger partial charge in [0.25, 0.3) is 0 Å². The Morgan fingerprint density at radius 3 is 2.38 bits per heavy atom. The van der Waals surface area contributed by atoms with E-state index in [1.54, 1.807) is 0 Å². The zero-order valence-corrected chi connectivity index (χ0v) is 8.75. The first-order valence-corrected chi connectivity index (χ1v) is 5.39. The lowest BCUT2D eigenvalue weighted by Gasteiger charge is -2.16. The van der Waals surface area contributed by atoms with Gasteiger partial charge in [0.05, 0.1) is 0 Å². The van der Waals surface area contributed by atoms with Gasteiger partial charge in [0.2, 0.25) is 0 Å². The van der Waals surface area contributed by atoms with E-state index >= 15 is 0 Å². The fraction of sp³-hybridized carbons (Fsp3) is 0.909. The highest BCUT2D eigenvalue weighted by Crippen LogP contribution is 2.28. The fourth-order valence-electron chi connectivity index (χ4n) is 1.98. The molecule has 0 amide bonds. The smallest absolute Gasteiger partial charge is 0.137 e. The van der Waals surface area contributed by atoms with Gasteiger partial charge in [0.15, 0.2) is 0 Å². The van der Waals surface area contributed by atoms with Crippen LogP contribution in [0.1, 0.15) is 46.0 Å². The van der Waals surface area contributed by atoms with Crippen molar-refractivity contribution < 1.29 is 4.79 Å². The molecule has 2 N–H and O–H groups in total. The zero-order chi connectivity index (χ0) is 9.84. The highest BCUT2D eigenvalue weighted by atomic mass is 16.1. The lowest BCUT2D eigenvalue weighted by Crippen LogP contribution is -2.31. The summed E-state index contributed by atoms with van der Waals surface area (Å²) >= 11 is 0. The minimum atomic E-state index is 0.00824. The first-order valence-electron chi connectivity index (χ1n) is 5.39. The van der Waals surface area contributed by atoms with Crippen LogP contribution in [0.25, 0.3) is 0 Å². The Bertz CT molecular complexity index is 171. The van der Waals surface area contributed by atoms with E-state index in [-0.39, 0.29) is 12.0 Å². The number of rotatable bonds is 4. The maximum atomic E-state index is 11.7. The summed E-state index contributed by atoms with van der Waals surface area (Å²) in [5, 5.41) is 0. The lowest BCUT2D eigenvalue weighted by atomic mass is 9.91. The monoisotopic (exact) mass is 183 g/mol. The zero-order valence-electron chi connectivity index (χ0n) is 8.75. The van der Waals surface area contributed by atoms with Gasteiger partial charge in [-0.2, -0.15) is 0 Å². The van der Waals surface area contributed by atoms with Gasteiger partial charge >= 0.3 is 0 Å². The summed E-state index contributed by atoms with van der Waals surface area (Å²) in [6.07, 6.45) is 5.88. The number of Topliss-reactive ketones (excluding diaryl/α,β-unsaturated/α-hetero) is 1. The lowest BCUT2D eigenvalue weighted by molar-refractivity contribution is -0.123. The Balaban J connectivity index is 2.31. The Morgan fingerprint density at radius 1 is 1.38 bits per heavy atom. The summed E-state index contributed by atoms with van der Waals surface area (Å²) < 4.78 is 0. The van der Waals surface area contributed by atoms with Crippen LogP contribution in [0.2, 0.25) is 0 Å². The summed E-state index contributed by atoms with van der Waals surface area (Å²) in [7, 11) is 0. The van der Waals surface area contributed by atoms with Crippen molar-refractivity contribution in [2.45, 2.75) is 52.0 Å². The van der Waals surface area contributed by atoms with Crippen molar-refractivity contribution >= 4 is 5.78 Å². The second-order valence-electron chi connectivity index (χ2n) is 4.47. The molecule has 0 spiro atoms. The summed E-state index contributed by atoms with van der Waals surface area (Å²) in [5.41, 5.74) is 5.69. The van der Waals surface area contributed by atoms with Crippen molar-refractivity contribution in [1.82, 2.24) is 0 Å². The molecule has 2 unspecified atom stereocenters. The predicted octanol–water partition coefficient (Wildman–Crippen LogP) is 2.12. The van der Waals surface area contributed by atoms with E-state index in [1.165, 1.54) is 25.7 Å². The van der Waals surface area contributed by atoms with Crippen LogP contribution in [0.15, 0.2) is 0 Å². The van der Waals surface area contributed by atoms with Crippen LogP contribution in [-0.2, 0) is 4.79 Å². The van der Waals surface area contributed by atoms with Gasteiger partial charge in [-0.1, -0.05) is 32.6 Å². The van der Waals surface area contributed by atoms with Crippen LogP contribution in [0.4, 0.5) is 0 Å². The first-order chi connectivity index (χ1) is 6.11. The summed E-state index contributed by atoms with van der Waals surface area (Å²) in [4.78, 5) is 11.7. The van der Waals surface area contributed by atoms with Crippen molar-refractivity contribution in [1.29, 1.82) is 0 Å². The average Bonchev–Trinajstić information content (AvgIpc) is 2.55. The minimum absolute atomic E-state index is 0.00824. The molecule has 0 aliphatic heterocycles. The Morgan fingerprint density at radius 2 is 1.92 bits per heavy atom. The number of nitrogens with two attached hydrogens (primary N) is 1. The second-order valence-corrected chi connectivity index (χ2v) is 4.47. The van der Waals surface area contributed by atoms with Crippen molar-refractivity contribution in [3.63, 3.8) is 0 Å². The maximum Gasteiger partial charge on any atom is 0.137 e. The topological polar surface area (TPSA) is 43.1 Å². The van der Waals surface area contributed by atoms with Gasteiger partial charge < -0.3 is 5.73 Å². The van der Waals surface area contributed by atoms with Gasteiger partial charge in [-0.3, -0.25) is 4.79 Å². The summed E-state index contributed by atoms with van der Waals surface area (Å²) in [6, 6.07) is 0.00824. The van der Waals surface area contributed by atoms with Gasteiger partial charge in [0.1, 0.15) is 5.78 Å². The molecule has 0 aromatic heterocycles. The maximum absolute atomic E-state index is 11.7. The molecule has 1 aliphatic carbocycles. The first kappa shape index (κ1) is 10.7. The molecule has 2 atom stereocenters. The van der Waals surface area contributed by atoms with Crippen molar-refractivity contribution in [2.75, 3.05) is 0 Å². The van der Waals surface area contributed by atoms with Crippen LogP contribution in [0.5, 0.6) is 0 Å². The van der Waals surface area contributed by atoms with Crippen LogP contribution in [0, 0.1) is 11.8 Å². The highest BCUT2D eigenvalue weighted by molar-refractivity contribution is 5.81. The molecule has 13 heavy (non-hydrogen) atoms. The van der Waals surface area contributed by atoms with E-state index in [9.17, 15) is 4.79 Å². The van der Waals surface area contributed by atoms with Crippen molar-refractivity contribution in [3.05, 3.63) is 0 Å². The van der Waals surface area contributed by atoms with Crippen molar-refractivity contribution in [2.24, 2.45) is 17.6 Å². The number of ketones is 1.